The van der Waals surface area contributed by atoms with E-state index in [9.17, 15) is 9.59 Å². The summed E-state index contributed by atoms with van der Waals surface area (Å²) in [5, 5.41) is 0. The summed E-state index contributed by atoms with van der Waals surface area (Å²) in [6, 6.07) is 13.4. The summed E-state index contributed by atoms with van der Waals surface area (Å²) >= 11 is 3.66. The molecule has 0 amide bonds. The van der Waals surface area contributed by atoms with Crippen LogP contribution in [0.25, 0.3) is 27.8 Å². The fourth-order valence-corrected chi connectivity index (χ4v) is 5.26. The number of hydrogen-bond acceptors (Lipinski definition) is 5. The molecule has 2 aromatic carbocycles. The van der Waals surface area contributed by atoms with Crippen LogP contribution < -0.4 is 4.74 Å². The van der Waals surface area contributed by atoms with E-state index in [0.29, 0.717) is 11.1 Å². The molecule has 0 bridgehead atoms. The van der Waals surface area contributed by atoms with E-state index in [4.69, 9.17) is 9.72 Å². The number of nitrogens with zero attached hydrogens (tertiary/aromatic N) is 2. The Bertz CT molecular complexity index is 1380. The van der Waals surface area contributed by atoms with Gasteiger partial charge in [-0.25, -0.2) is 4.98 Å². The van der Waals surface area contributed by atoms with E-state index in [2.05, 4.69) is 22.6 Å². The molecule has 4 aromatic rings. The Balaban J connectivity index is 1.52. The first-order chi connectivity index (χ1) is 14.9. The first-order valence-corrected chi connectivity index (χ1v) is 11.5. The molecule has 0 saturated heterocycles. The molecule has 154 valence electrons. The number of ether oxygens (including phenoxy) is 1. The molecule has 0 saturated carbocycles. The summed E-state index contributed by atoms with van der Waals surface area (Å²) in [5.41, 5.74) is 4.16. The molecular weight excluding hydrogens is 523 g/mol. The van der Waals surface area contributed by atoms with Crippen molar-refractivity contribution in [1.82, 2.24) is 9.55 Å². The molecule has 0 radical (unpaired) electrons. The average molecular weight is 540 g/mol. The van der Waals surface area contributed by atoms with Crippen molar-refractivity contribution in [3.63, 3.8) is 0 Å². The number of aryl methyl sites for hydroxylation is 2. The lowest BCUT2D eigenvalue weighted by atomic mass is 10.1. The molecule has 5 rings (SSSR count). The van der Waals surface area contributed by atoms with Crippen LogP contribution in [-0.4, -0.2) is 28.2 Å². The first-order valence-electron chi connectivity index (χ1n) is 9.59. The highest BCUT2D eigenvalue weighted by atomic mass is 127. The lowest BCUT2D eigenvalue weighted by Crippen LogP contribution is -1.99. The van der Waals surface area contributed by atoms with Crippen LogP contribution in [0.3, 0.4) is 0 Å². The second-order valence-electron chi connectivity index (χ2n) is 7.43. The van der Waals surface area contributed by atoms with Crippen LogP contribution in [0.2, 0.25) is 0 Å². The second-order valence-corrected chi connectivity index (χ2v) is 9.65. The molecule has 0 atom stereocenters. The summed E-state index contributed by atoms with van der Waals surface area (Å²) in [6.45, 7) is 1.94. The normalized spacial score (nSPS) is 14.6. The van der Waals surface area contributed by atoms with Crippen molar-refractivity contribution in [2.75, 3.05) is 7.11 Å². The third-order valence-corrected chi connectivity index (χ3v) is 7.64. The Hall–Kier alpha value is -2.78. The predicted molar refractivity (Wildman–Crippen MR) is 131 cm³/mol. The van der Waals surface area contributed by atoms with Gasteiger partial charge in [0.2, 0.25) is 0 Å². The van der Waals surface area contributed by atoms with Gasteiger partial charge < -0.3 is 9.30 Å². The summed E-state index contributed by atoms with van der Waals surface area (Å²) in [6.07, 6.45) is 1.70. The molecule has 7 heteroatoms. The van der Waals surface area contributed by atoms with Crippen LogP contribution in [0.1, 0.15) is 31.2 Å². The molecule has 1 aliphatic rings. The van der Waals surface area contributed by atoms with Gasteiger partial charge in [0.1, 0.15) is 16.4 Å². The van der Waals surface area contributed by atoms with Crippen molar-refractivity contribution in [3.8, 4) is 17.1 Å². The lowest BCUT2D eigenvalue weighted by Gasteiger charge is -2.04. The second kappa shape index (κ2) is 7.42. The maximum absolute atomic E-state index is 12.9. The number of thiophene rings is 1. The summed E-state index contributed by atoms with van der Waals surface area (Å²) in [5.74, 6) is 1.24. The van der Waals surface area contributed by atoms with Gasteiger partial charge in [0, 0.05) is 32.2 Å². The number of fused-ring (bicyclic) bond motifs is 2. The number of imidazole rings is 1. The third-order valence-electron chi connectivity index (χ3n) is 5.51. The minimum atomic E-state index is -0.206. The number of ketones is 2. The van der Waals surface area contributed by atoms with E-state index in [1.807, 2.05) is 54.9 Å². The van der Waals surface area contributed by atoms with Gasteiger partial charge >= 0.3 is 0 Å². The van der Waals surface area contributed by atoms with Gasteiger partial charge in [-0.3, -0.25) is 9.59 Å². The lowest BCUT2D eigenvalue weighted by molar-refractivity contribution is 0.0990. The molecule has 31 heavy (non-hydrogen) atoms. The molecule has 0 unspecified atom stereocenters. The molecule has 1 aliphatic carbocycles. The van der Waals surface area contributed by atoms with Gasteiger partial charge in [0.25, 0.3) is 0 Å². The Labute approximate surface area is 196 Å². The number of hydrogen-bond donors (Lipinski definition) is 0. The van der Waals surface area contributed by atoms with E-state index in [0.717, 1.165) is 41.5 Å². The third kappa shape index (κ3) is 3.23. The van der Waals surface area contributed by atoms with E-state index in [-0.39, 0.29) is 17.1 Å². The van der Waals surface area contributed by atoms with Gasteiger partial charge in [0.05, 0.1) is 18.2 Å². The number of benzene rings is 2. The van der Waals surface area contributed by atoms with Crippen LogP contribution >= 0.6 is 33.9 Å². The fourth-order valence-electron chi connectivity index (χ4n) is 3.79. The monoisotopic (exact) mass is 540 g/mol. The van der Waals surface area contributed by atoms with Crippen molar-refractivity contribution >= 4 is 61.9 Å². The zero-order valence-electron chi connectivity index (χ0n) is 17.0. The highest BCUT2D eigenvalue weighted by Gasteiger charge is 2.33. The van der Waals surface area contributed by atoms with Crippen LogP contribution in [0, 0.1) is 10.5 Å². The zero-order valence-corrected chi connectivity index (χ0v) is 20.0. The molecule has 2 aromatic heterocycles. The molecular formula is C24H17IN2O3S. The van der Waals surface area contributed by atoms with E-state index in [1.54, 1.807) is 19.3 Å². The van der Waals surface area contributed by atoms with Crippen molar-refractivity contribution < 1.29 is 14.3 Å². The maximum atomic E-state index is 12.9. The minimum Gasteiger partial charge on any atom is -0.497 e. The topological polar surface area (TPSA) is 61.2 Å². The van der Waals surface area contributed by atoms with Gasteiger partial charge in [-0.05, 0) is 83.6 Å². The van der Waals surface area contributed by atoms with Crippen molar-refractivity contribution in [3.05, 3.63) is 73.2 Å². The Morgan fingerprint density at radius 3 is 2.39 bits per heavy atom. The quantitative estimate of drug-likeness (QED) is 0.191. The molecule has 0 fully saturated rings. The van der Waals surface area contributed by atoms with Gasteiger partial charge in [0.15, 0.2) is 11.6 Å². The molecule has 0 spiro atoms. The Morgan fingerprint density at radius 1 is 1.06 bits per heavy atom. The zero-order chi connectivity index (χ0) is 21.9. The summed E-state index contributed by atoms with van der Waals surface area (Å²) < 4.78 is 8.23. The number of Topliss-reactive ketones (excluding diaryl/α,β-unsaturated/α-hetero) is 2. The predicted octanol–water partition coefficient (Wildman–Crippen LogP) is 5.69. The van der Waals surface area contributed by atoms with Gasteiger partial charge in [-0.2, -0.15) is 0 Å². The highest BCUT2D eigenvalue weighted by molar-refractivity contribution is 14.1. The molecule has 0 N–H and O–H groups in total. The molecule has 5 nitrogen and oxygen atoms in total. The van der Waals surface area contributed by atoms with Crippen molar-refractivity contribution in [2.24, 2.45) is 7.05 Å². The van der Waals surface area contributed by atoms with E-state index >= 15 is 0 Å². The Kier molecular flexibility index (Phi) is 4.82. The standard InChI is InChI=1S/C24H17IN2O3S/c1-12-8-16-17(11-19(12)25)22(29)18(21(16)28)9-15-10-20-24(31-15)26-23(27(20)2)13-4-6-14(30-3)7-5-13/h4-11H,1-3H3/b18-9+. The smallest absolute Gasteiger partial charge is 0.197 e. The SMILES string of the molecule is COc1ccc(-c2nc3sc(/C=C4\C(=O)c5cc(C)c(I)cc5C4=O)cc3n2C)cc1. The maximum Gasteiger partial charge on any atom is 0.197 e. The fraction of sp³-hybridized carbons (Fsp3) is 0.125. The molecule has 2 heterocycles. The Morgan fingerprint density at radius 2 is 1.74 bits per heavy atom. The van der Waals surface area contributed by atoms with Gasteiger partial charge in [-0.1, -0.05) is 0 Å². The van der Waals surface area contributed by atoms with Crippen LogP contribution in [-0.2, 0) is 7.05 Å². The molecule has 0 aliphatic heterocycles. The highest BCUT2D eigenvalue weighted by Crippen LogP contribution is 2.35. The van der Waals surface area contributed by atoms with Crippen molar-refractivity contribution in [2.45, 2.75) is 6.92 Å². The number of aromatic nitrogens is 2. The van der Waals surface area contributed by atoms with Crippen LogP contribution in [0.15, 0.2) is 48.0 Å². The number of allylic oxidation sites excluding steroid dienone is 1. The number of rotatable bonds is 3. The minimum absolute atomic E-state index is 0.205. The van der Waals surface area contributed by atoms with E-state index < -0.39 is 0 Å². The van der Waals surface area contributed by atoms with Crippen LogP contribution in [0.5, 0.6) is 5.75 Å². The van der Waals surface area contributed by atoms with Crippen molar-refractivity contribution in [1.29, 1.82) is 0 Å². The van der Waals surface area contributed by atoms with Crippen LogP contribution in [0.4, 0.5) is 0 Å². The average Bonchev–Trinajstić information content (AvgIpc) is 3.37. The number of methoxy groups -OCH3 is 1. The number of halogens is 1. The number of carbonyl (C=O) groups excluding carboxylic acids is 2. The number of carbonyl (C=O) groups is 2. The summed E-state index contributed by atoms with van der Waals surface area (Å²) in [4.78, 5) is 32.2. The largest absolute Gasteiger partial charge is 0.497 e. The van der Waals surface area contributed by atoms with E-state index in [1.165, 1.54) is 11.3 Å². The van der Waals surface area contributed by atoms with Gasteiger partial charge in [-0.15, -0.1) is 11.3 Å². The summed E-state index contributed by atoms with van der Waals surface area (Å²) in [7, 11) is 3.60. The first kappa shape index (κ1) is 20.1.